The molecule has 1 aliphatic rings. The maximum absolute atomic E-state index is 13.3. The van der Waals surface area contributed by atoms with Gasteiger partial charge < -0.3 is 10.4 Å². The van der Waals surface area contributed by atoms with Gasteiger partial charge in [0.05, 0.1) is 4.90 Å². The van der Waals surface area contributed by atoms with Gasteiger partial charge in [-0.15, -0.1) is 0 Å². The van der Waals surface area contributed by atoms with E-state index in [0.717, 1.165) is 11.1 Å². The summed E-state index contributed by atoms with van der Waals surface area (Å²) in [6.45, 7) is 6.36. The van der Waals surface area contributed by atoms with Crippen molar-refractivity contribution in [1.29, 1.82) is 0 Å². The van der Waals surface area contributed by atoms with Crippen LogP contribution in [0.5, 0.6) is 0 Å². The molecule has 2 aromatic rings. The first-order chi connectivity index (χ1) is 15.0. The second kappa shape index (κ2) is 9.42. The van der Waals surface area contributed by atoms with Gasteiger partial charge in [-0.1, -0.05) is 63.2 Å². The van der Waals surface area contributed by atoms with E-state index in [0.29, 0.717) is 12.8 Å². The number of carbonyl (C=O) groups is 2. The SMILES string of the molecule is CC(C)(C)c1ccc(S(=O)(=O)N2CCC[C@H]2C(=O)N[C@@H](Cc2ccccc2)C(=O)O)cc1. The fourth-order valence-corrected chi connectivity index (χ4v) is 5.53. The number of hydrogen-bond donors (Lipinski definition) is 2. The van der Waals surface area contributed by atoms with E-state index in [1.54, 1.807) is 48.5 Å². The molecule has 2 aromatic carbocycles. The zero-order valence-corrected chi connectivity index (χ0v) is 19.4. The third-order valence-corrected chi connectivity index (χ3v) is 7.65. The Morgan fingerprint density at radius 3 is 2.28 bits per heavy atom. The highest BCUT2D eigenvalue weighted by molar-refractivity contribution is 7.89. The molecule has 2 N–H and O–H groups in total. The van der Waals surface area contributed by atoms with Gasteiger partial charge in [0.25, 0.3) is 0 Å². The van der Waals surface area contributed by atoms with E-state index in [1.807, 2.05) is 26.8 Å². The van der Waals surface area contributed by atoms with E-state index < -0.39 is 34.0 Å². The van der Waals surface area contributed by atoms with Crippen LogP contribution in [0.15, 0.2) is 59.5 Å². The van der Waals surface area contributed by atoms with Crippen molar-refractivity contribution in [3.05, 3.63) is 65.7 Å². The molecular weight excluding hydrogens is 428 g/mol. The van der Waals surface area contributed by atoms with Gasteiger partial charge in [-0.25, -0.2) is 13.2 Å². The Morgan fingerprint density at radius 1 is 1.09 bits per heavy atom. The number of nitrogens with zero attached hydrogens (tertiary/aromatic N) is 1. The lowest BCUT2D eigenvalue weighted by molar-refractivity contribution is -0.142. The summed E-state index contributed by atoms with van der Waals surface area (Å²) in [5.74, 6) is -1.74. The number of carboxylic acids is 1. The van der Waals surface area contributed by atoms with E-state index in [-0.39, 0.29) is 23.3 Å². The second-order valence-electron chi connectivity index (χ2n) is 9.14. The van der Waals surface area contributed by atoms with Crippen molar-refractivity contribution >= 4 is 21.9 Å². The first kappa shape index (κ1) is 23.9. The van der Waals surface area contributed by atoms with Crippen LogP contribution in [0.1, 0.15) is 44.7 Å². The molecule has 32 heavy (non-hydrogen) atoms. The Morgan fingerprint density at radius 2 is 1.72 bits per heavy atom. The number of benzene rings is 2. The molecule has 0 aromatic heterocycles. The molecule has 1 aliphatic heterocycles. The molecule has 1 saturated heterocycles. The van der Waals surface area contributed by atoms with Crippen molar-refractivity contribution in [3.8, 4) is 0 Å². The monoisotopic (exact) mass is 458 g/mol. The predicted molar refractivity (Wildman–Crippen MR) is 122 cm³/mol. The molecule has 0 unspecified atom stereocenters. The average Bonchev–Trinajstić information content (AvgIpc) is 3.24. The summed E-state index contributed by atoms with van der Waals surface area (Å²) in [6.07, 6.45) is 1.01. The lowest BCUT2D eigenvalue weighted by atomic mass is 9.87. The van der Waals surface area contributed by atoms with Crippen LogP contribution >= 0.6 is 0 Å². The van der Waals surface area contributed by atoms with Crippen molar-refractivity contribution in [2.45, 2.75) is 62.4 Å². The fraction of sp³-hybridized carbons (Fsp3) is 0.417. The van der Waals surface area contributed by atoms with E-state index in [1.165, 1.54) is 4.31 Å². The molecule has 0 aliphatic carbocycles. The molecule has 0 radical (unpaired) electrons. The van der Waals surface area contributed by atoms with Crippen molar-refractivity contribution in [3.63, 3.8) is 0 Å². The number of rotatable bonds is 7. The Balaban J connectivity index is 1.77. The first-order valence-corrected chi connectivity index (χ1v) is 12.1. The van der Waals surface area contributed by atoms with E-state index in [2.05, 4.69) is 5.32 Å². The van der Waals surface area contributed by atoms with Crippen molar-refractivity contribution in [1.82, 2.24) is 9.62 Å². The topological polar surface area (TPSA) is 104 Å². The van der Waals surface area contributed by atoms with Crippen molar-refractivity contribution in [2.24, 2.45) is 0 Å². The highest BCUT2D eigenvalue weighted by Gasteiger charge is 2.40. The minimum absolute atomic E-state index is 0.108. The van der Waals surface area contributed by atoms with Gasteiger partial charge in [-0.3, -0.25) is 4.79 Å². The molecule has 8 heteroatoms. The standard InChI is InChI=1S/C24H30N2O5S/c1-24(2,3)18-11-13-19(14-12-18)32(30,31)26-15-7-10-21(26)22(27)25-20(23(28)29)16-17-8-5-4-6-9-17/h4-6,8-9,11-14,20-21H,7,10,15-16H2,1-3H3,(H,25,27)(H,28,29)/t20-,21-/m0/s1. The van der Waals surface area contributed by atoms with E-state index >= 15 is 0 Å². The van der Waals surface area contributed by atoms with Crippen LogP contribution in [0.2, 0.25) is 0 Å². The second-order valence-corrected chi connectivity index (χ2v) is 11.0. The molecular formula is C24H30N2O5S. The van der Waals surface area contributed by atoms with E-state index in [9.17, 15) is 23.1 Å². The number of carbonyl (C=O) groups excluding carboxylic acids is 1. The highest BCUT2D eigenvalue weighted by atomic mass is 32.2. The molecule has 1 amide bonds. The summed E-state index contributed by atoms with van der Waals surface area (Å²) in [4.78, 5) is 24.8. The summed E-state index contributed by atoms with van der Waals surface area (Å²) in [5, 5.41) is 12.1. The van der Waals surface area contributed by atoms with Gasteiger partial charge in [-0.05, 0) is 41.5 Å². The van der Waals surface area contributed by atoms with Crippen LogP contribution in [0.3, 0.4) is 0 Å². The van der Waals surface area contributed by atoms with Gasteiger partial charge in [0.15, 0.2) is 0 Å². The smallest absolute Gasteiger partial charge is 0.326 e. The number of aliphatic carboxylic acids is 1. The minimum Gasteiger partial charge on any atom is -0.480 e. The predicted octanol–water partition coefficient (Wildman–Crippen LogP) is 2.95. The molecule has 0 bridgehead atoms. The maximum atomic E-state index is 13.3. The Bertz CT molecular complexity index is 1060. The molecule has 2 atom stereocenters. The summed E-state index contributed by atoms with van der Waals surface area (Å²) in [5.41, 5.74) is 1.68. The molecule has 1 fully saturated rings. The van der Waals surface area contributed by atoms with Crippen LogP contribution in [-0.2, 0) is 31.4 Å². The number of nitrogens with one attached hydrogen (secondary N) is 1. The lowest BCUT2D eigenvalue weighted by Crippen LogP contribution is -2.51. The first-order valence-electron chi connectivity index (χ1n) is 10.7. The largest absolute Gasteiger partial charge is 0.480 e. The van der Waals surface area contributed by atoms with Crippen LogP contribution < -0.4 is 5.32 Å². The van der Waals surface area contributed by atoms with E-state index in [4.69, 9.17) is 0 Å². The number of amides is 1. The quantitative estimate of drug-likeness (QED) is 0.664. The van der Waals surface area contributed by atoms with Gasteiger partial charge in [0.1, 0.15) is 12.1 Å². The number of hydrogen-bond acceptors (Lipinski definition) is 4. The normalized spacial score (nSPS) is 18.3. The Kier molecular flexibility index (Phi) is 7.05. The number of sulfonamides is 1. The molecule has 0 spiro atoms. The number of carboxylic acid groups (broad SMARTS) is 1. The van der Waals surface area contributed by atoms with Crippen molar-refractivity contribution < 1.29 is 23.1 Å². The molecule has 1 heterocycles. The zero-order chi connectivity index (χ0) is 23.5. The summed E-state index contributed by atoms with van der Waals surface area (Å²) < 4.78 is 27.7. The summed E-state index contributed by atoms with van der Waals surface area (Å²) >= 11 is 0. The van der Waals surface area contributed by atoms with Crippen molar-refractivity contribution in [2.75, 3.05) is 6.54 Å². The molecule has 7 nitrogen and oxygen atoms in total. The Hall–Kier alpha value is -2.71. The third-order valence-electron chi connectivity index (χ3n) is 5.73. The lowest BCUT2D eigenvalue weighted by Gasteiger charge is -2.25. The fourth-order valence-electron chi connectivity index (χ4n) is 3.87. The zero-order valence-electron chi connectivity index (χ0n) is 18.6. The Labute approximate surface area is 189 Å². The molecule has 0 saturated carbocycles. The van der Waals surface area contributed by atoms with Gasteiger partial charge in [0, 0.05) is 13.0 Å². The average molecular weight is 459 g/mol. The highest BCUT2D eigenvalue weighted by Crippen LogP contribution is 2.29. The minimum atomic E-state index is -3.88. The van der Waals surface area contributed by atoms with Gasteiger partial charge in [-0.2, -0.15) is 4.31 Å². The summed E-state index contributed by atoms with van der Waals surface area (Å²) in [7, 11) is -3.88. The molecule has 172 valence electrons. The third kappa shape index (κ3) is 5.37. The van der Waals surface area contributed by atoms with Gasteiger partial charge in [0.2, 0.25) is 15.9 Å². The van der Waals surface area contributed by atoms with Crippen LogP contribution in [0.4, 0.5) is 0 Å². The van der Waals surface area contributed by atoms with Crippen LogP contribution in [0.25, 0.3) is 0 Å². The van der Waals surface area contributed by atoms with Crippen LogP contribution in [-0.4, -0.2) is 48.3 Å². The molecule has 3 rings (SSSR count). The summed E-state index contributed by atoms with van der Waals surface area (Å²) in [6, 6.07) is 13.6. The van der Waals surface area contributed by atoms with Crippen LogP contribution in [0, 0.1) is 0 Å². The maximum Gasteiger partial charge on any atom is 0.326 e. The van der Waals surface area contributed by atoms with Gasteiger partial charge >= 0.3 is 5.97 Å².